The molecule has 1 aromatic rings. The highest BCUT2D eigenvalue weighted by molar-refractivity contribution is 6.24. The van der Waals surface area contributed by atoms with Gasteiger partial charge >= 0.3 is 5.97 Å². The Morgan fingerprint density at radius 2 is 1.72 bits per heavy atom. The van der Waals surface area contributed by atoms with E-state index in [1.54, 1.807) is 0 Å². The molecule has 12 N–H and O–H groups in total. The number of carboxylic acid groups (broad SMARTS) is 1. The fourth-order valence-electron chi connectivity index (χ4n) is 8.48. The van der Waals surface area contributed by atoms with E-state index < -0.39 is 155 Å². The quantitative estimate of drug-likeness (QED) is 0.0560. The van der Waals surface area contributed by atoms with E-state index in [0.717, 1.165) is 19.1 Å². The third-order valence-electron chi connectivity index (χ3n) is 11.2. The number of primary amides is 1. The van der Waals surface area contributed by atoms with Gasteiger partial charge in [0.1, 0.15) is 47.7 Å². The Labute approximate surface area is 330 Å². The Balaban J connectivity index is 1.50. The van der Waals surface area contributed by atoms with E-state index in [-0.39, 0.29) is 11.3 Å². The number of aliphatic carboxylic acids is 1. The standard InChI is InChI=1S/C36H47N5O17/c1-11-14-7-8-15(39-17(44)9-41(56-6)34-23(38-13(3)43)30(57-12(2)35(53)54)26(46)16(10-42)58-34)25(45)19(14)27(47)20-18(11)28(48)22-24(40(4)5)29(49)21(33(37)52)32(51)36(22,55)31(20)50/h7-8,11-12,16,18,22-24,26,28,30,34,42,45-48,51,55H,9-10H2,1-6H3,(H2,37,52)(H,38,43)(H,39,44)(H,53,54)/t11-,12?,16+,18+,22+,23+,24-,26+,28-,30+,34?,36-/m0/s1. The third-order valence-corrected chi connectivity index (χ3v) is 11.2. The fourth-order valence-corrected chi connectivity index (χ4v) is 8.48. The van der Waals surface area contributed by atoms with Gasteiger partial charge in [-0.1, -0.05) is 13.0 Å². The van der Waals surface area contributed by atoms with Gasteiger partial charge in [-0.05, 0) is 38.6 Å². The molecule has 2 fully saturated rings. The number of amides is 3. The third kappa shape index (κ3) is 7.09. The van der Waals surface area contributed by atoms with Crippen LogP contribution in [0.3, 0.4) is 0 Å². The summed E-state index contributed by atoms with van der Waals surface area (Å²) in [5, 5.41) is 94.1. The van der Waals surface area contributed by atoms with Gasteiger partial charge in [0, 0.05) is 18.4 Å². The van der Waals surface area contributed by atoms with Gasteiger partial charge in [-0.2, -0.15) is 0 Å². The van der Waals surface area contributed by atoms with E-state index >= 15 is 0 Å². The Hall–Kier alpha value is -5.04. The predicted molar refractivity (Wildman–Crippen MR) is 194 cm³/mol. The number of phenols is 1. The van der Waals surface area contributed by atoms with Gasteiger partial charge in [-0.25, -0.2) is 4.79 Å². The number of rotatable bonds is 12. The Bertz CT molecular complexity index is 1970. The number of carboxylic acids is 1. The molecule has 1 saturated heterocycles. The lowest BCUT2D eigenvalue weighted by Gasteiger charge is -2.53. The van der Waals surface area contributed by atoms with E-state index in [2.05, 4.69) is 10.6 Å². The van der Waals surface area contributed by atoms with Crippen LogP contribution in [0, 0.1) is 11.8 Å². The minimum Gasteiger partial charge on any atom is -0.508 e. The number of Topliss-reactive ketones (excluding diaryl/α,β-unsaturated/α-hetero) is 2. The highest BCUT2D eigenvalue weighted by atomic mass is 16.7. The molecule has 3 aliphatic carbocycles. The molecule has 22 heteroatoms. The molecule has 0 spiro atoms. The first kappa shape index (κ1) is 44.1. The van der Waals surface area contributed by atoms with Gasteiger partial charge in [0.2, 0.25) is 17.6 Å². The summed E-state index contributed by atoms with van der Waals surface area (Å²) in [4.78, 5) is 84.0. The molecule has 0 radical (unpaired) electrons. The zero-order chi connectivity index (χ0) is 43.5. The van der Waals surface area contributed by atoms with E-state index in [4.69, 9.17) is 20.0 Å². The number of aliphatic hydroxyl groups excluding tert-OH is 5. The van der Waals surface area contributed by atoms with Crippen LogP contribution in [-0.4, -0.2) is 175 Å². The van der Waals surface area contributed by atoms with Crippen LogP contribution in [0.5, 0.6) is 5.75 Å². The van der Waals surface area contributed by atoms with Crippen LogP contribution < -0.4 is 16.4 Å². The molecule has 1 saturated carbocycles. The lowest BCUT2D eigenvalue weighted by molar-refractivity contribution is -0.308. The second kappa shape index (κ2) is 16.3. The number of ketones is 2. The molecule has 0 bridgehead atoms. The van der Waals surface area contributed by atoms with Crippen LogP contribution in [-0.2, 0) is 43.1 Å². The average molecular weight is 822 g/mol. The number of hydrogen-bond acceptors (Lipinski definition) is 18. The number of aromatic hydroxyl groups is 1. The number of fused-ring (bicyclic) bond motifs is 3. The molecular weight excluding hydrogens is 774 g/mol. The van der Waals surface area contributed by atoms with Crippen LogP contribution in [0.1, 0.15) is 37.8 Å². The molecule has 318 valence electrons. The maximum absolute atomic E-state index is 14.3. The molecule has 1 aromatic carbocycles. The monoisotopic (exact) mass is 821 g/mol. The second-order valence-corrected chi connectivity index (χ2v) is 14.8. The highest BCUT2D eigenvalue weighted by Gasteiger charge is 2.68. The van der Waals surface area contributed by atoms with Crippen molar-refractivity contribution < 1.29 is 83.9 Å². The second-order valence-electron chi connectivity index (χ2n) is 14.8. The van der Waals surface area contributed by atoms with Gasteiger partial charge in [0.25, 0.3) is 5.91 Å². The summed E-state index contributed by atoms with van der Waals surface area (Å²) in [5.74, 6) is -14.0. The molecular formula is C36H47N5O17. The number of phenolic OH excluding ortho intramolecular Hbond substituents is 1. The maximum atomic E-state index is 14.3. The molecule has 3 amide bonds. The number of nitrogens with one attached hydrogen (secondary N) is 2. The minimum atomic E-state index is -3.13. The first-order valence-corrected chi connectivity index (χ1v) is 18.0. The number of carbonyl (C=O) groups excluding carboxylic acids is 5. The van der Waals surface area contributed by atoms with Crippen LogP contribution in [0.15, 0.2) is 29.0 Å². The van der Waals surface area contributed by atoms with Crippen molar-refractivity contribution in [3.63, 3.8) is 0 Å². The van der Waals surface area contributed by atoms with Crippen molar-refractivity contribution in [2.75, 3.05) is 39.7 Å². The van der Waals surface area contributed by atoms with Crippen LogP contribution in [0.2, 0.25) is 0 Å². The Morgan fingerprint density at radius 3 is 2.26 bits per heavy atom. The smallest absolute Gasteiger partial charge is 0.332 e. The van der Waals surface area contributed by atoms with Crippen LogP contribution >= 0.6 is 0 Å². The summed E-state index contributed by atoms with van der Waals surface area (Å²) in [6.07, 6.45) is -9.40. The Kier molecular flexibility index (Phi) is 12.4. The molecule has 22 nitrogen and oxygen atoms in total. The predicted octanol–water partition coefficient (Wildman–Crippen LogP) is -3.26. The van der Waals surface area contributed by atoms with Crippen LogP contribution in [0.25, 0.3) is 5.76 Å². The van der Waals surface area contributed by atoms with Gasteiger partial charge < -0.3 is 66.7 Å². The summed E-state index contributed by atoms with van der Waals surface area (Å²) < 4.78 is 11.3. The molecule has 58 heavy (non-hydrogen) atoms. The van der Waals surface area contributed by atoms with E-state index in [9.17, 15) is 69.6 Å². The largest absolute Gasteiger partial charge is 0.508 e. The molecule has 1 aliphatic heterocycles. The number of anilines is 1. The van der Waals surface area contributed by atoms with E-state index in [1.807, 2.05) is 0 Å². The first-order valence-electron chi connectivity index (χ1n) is 18.0. The van der Waals surface area contributed by atoms with Crippen molar-refractivity contribution >= 4 is 46.7 Å². The number of hydrogen-bond donors (Lipinski definition) is 11. The summed E-state index contributed by atoms with van der Waals surface area (Å²) >= 11 is 0. The topological polar surface area (TPSA) is 349 Å². The van der Waals surface area contributed by atoms with Crippen LogP contribution in [0.4, 0.5) is 5.69 Å². The number of ether oxygens (including phenoxy) is 2. The van der Waals surface area contributed by atoms with Crippen molar-refractivity contribution in [3.8, 4) is 5.75 Å². The number of aliphatic hydroxyl groups is 6. The van der Waals surface area contributed by atoms with Crippen molar-refractivity contribution in [1.82, 2.24) is 15.3 Å². The molecule has 1 heterocycles. The zero-order valence-corrected chi connectivity index (χ0v) is 32.1. The minimum absolute atomic E-state index is 0.169. The summed E-state index contributed by atoms with van der Waals surface area (Å²) in [6.45, 7) is 2.26. The van der Waals surface area contributed by atoms with E-state index in [1.165, 1.54) is 45.0 Å². The highest BCUT2D eigenvalue weighted by Crippen LogP contribution is 2.56. The maximum Gasteiger partial charge on any atom is 0.332 e. The molecule has 0 aromatic heterocycles. The number of nitrogens with two attached hydrogens (primary N) is 1. The van der Waals surface area contributed by atoms with Crippen molar-refractivity contribution in [3.05, 3.63) is 40.2 Å². The van der Waals surface area contributed by atoms with Gasteiger partial charge in [0.05, 0.1) is 49.1 Å². The number of benzene rings is 1. The molecule has 4 aliphatic rings. The Morgan fingerprint density at radius 1 is 1.09 bits per heavy atom. The van der Waals surface area contributed by atoms with Crippen molar-refractivity contribution in [1.29, 1.82) is 0 Å². The molecule has 12 atom stereocenters. The number of nitrogens with zero attached hydrogens (tertiary/aromatic N) is 2. The van der Waals surface area contributed by atoms with Gasteiger partial charge in [-0.15, -0.1) is 5.06 Å². The number of hydroxylamine groups is 2. The summed E-state index contributed by atoms with van der Waals surface area (Å²) in [7, 11) is 3.89. The lowest BCUT2D eigenvalue weighted by Crippen LogP contribution is -2.70. The lowest BCUT2D eigenvalue weighted by atomic mass is 9.54. The SMILES string of the molecule is CON(CC(=O)Nc1ccc2c(c1O)C(O)=C1C(=O)[C@]3(O)C(O)=C(C(N)=O)C(=O)[C@@H](N(C)C)[C@@H]3[C@@H](O)[C@@H]1[C@H]2C)C1O[C@H](CO)[C@@H](O)[C@H](OC(C)C(=O)O)[C@H]1NC(C)=O. The fraction of sp³-hybridized carbons (Fsp3) is 0.556. The number of likely N-dealkylation sites (N-methyl/N-ethyl adjacent to an activating group) is 1. The normalized spacial score (nSPS) is 32.7. The summed E-state index contributed by atoms with van der Waals surface area (Å²) in [6, 6.07) is -0.293. The zero-order valence-electron chi connectivity index (χ0n) is 32.1. The van der Waals surface area contributed by atoms with E-state index in [0.29, 0.717) is 0 Å². The number of carbonyl (C=O) groups is 6. The van der Waals surface area contributed by atoms with Gasteiger partial charge in [-0.3, -0.25) is 33.7 Å². The average Bonchev–Trinajstić information content (AvgIpc) is 3.14. The molecule has 5 rings (SSSR count). The first-order chi connectivity index (χ1) is 27.1. The van der Waals surface area contributed by atoms with Crippen molar-refractivity contribution in [2.24, 2.45) is 17.6 Å². The van der Waals surface area contributed by atoms with Gasteiger partial charge in [0.15, 0.2) is 23.7 Å². The van der Waals surface area contributed by atoms with Crippen molar-refractivity contribution in [2.45, 2.75) is 81.1 Å². The molecule has 2 unspecified atom stereocenters. The summed E-state index contributed by atoms with van der Waals surface area (Å²) in [5.41, 5.74) is -0.0532.